The number of ether oxygens (including phenoxy) is 3. The predicted octanol–water partition coefficient (Wildman–Crippen LogP) is 21.8. The molecule has 1 unspecified atom stereocenters. The highest BCUT2D eigenvalue weighted by atomic mass is 16.6. The molecular formula is C67H122O6. The van der Waals surface area contributed by atoms with Gasteiger partial charge in [-0.1, -0.05) is 313 Å². The van der Waals surface area contributed by atoms with Crippen LogP contribution in [0.15, 0.2) is 48.6 Å². The molecule has 0 spiro atoms. The highest BCUT2D eigenvalue weighted by molar-refractivity contribution is 5.71. The van der Waals surface area contributed by atoms with E-state index in [2.05, 4.69) is 69.4 Å². The standard InChI is InChI=1S/C67H122O6/c1-4-7-10-13-16-18-20-22-24-26-28-29-30-31-32-33-34-35-36-37-38-40-41-43-45-47-49-51-54-57-60-66(69)72-63-64(62-71-65(68)59-56-53-15-12-9-6-3)73-67(70)61-58-55-52-50-48-46-44-42-39-27-25-23-21-19-17-14-11-8-5-2/h8,11,17,19,23,25,39,42,64H,4-7,9-10,12-16,18,20-22,24,26-38,40-41,43-63H2,1-3H3/b11-8-,19-17-,25-23-,42-39-. The van der Waals surface area contributed by atoms with Crippen molar-refractivity contribution in [2.45, 2.75) is 348 Å². The molecule has 0 aliphatic rings. The summed E-state index contributed by atoms with van der Waals surface area (Å²) in [6, 6.07) is 0. The molecule has 73 heavy (non-hydrogen) atoms. The maximum Gasteiger partial charge on any atom is 0.306 e. The van der Waals surface area contributed by atoms with E-state index in [1.54, 1.807) is 0 Å². The van der Waals surface area contributed by atoms with E-state index in [-0.39, 0.29) is 31.1 Å². The van der Waals surface area contributed by atoms with Gasteiger partial charge in [0, 0.05) is 19.3 Å². The lowest BCUT2D eigenvalue weighted by molar-refractivity contribution is -0.167. The van der Waals surface area contributed by atoms with Crippen LogP contribution in [0, 0.1) is 0 Å². The topological polar surface area (TPSA) is 78.9 Å². The van der Waals surface area contributed by atoms with Gasteiger partial charge in [0.25, 0.3) is 0 Å². The van der Waals surface area contributed by atoms with Crippen molar-refractivity contribution >= 4 is 17.9 Å². The highest BCUT2D eigenvalue weighted by Crippen LogP contribution is 2.18. The van der Waals surface area contributed by atoms with Crippen LogP contribution in [0.1, 0.15) is 342 Å². The minimum absolute atomic E-state index is 0.0757. The molecule has 0 aromatic heterocycles. The van der Waals surface area contributed by atoms with Crippen molar-refractivity contribution in [3.8, 4) is 0 Å². The molecule has 0 aromatic carbocycles. The van der Waals surface area contributed by atoms with E-state index < -0.39 is 6.10 Å². The molecule has 426 valence electrons. The molecule has 0 heterocycles. The Hall–Kier alpha value is -2.63. The smallest absolute Gasteiger partial charge is 0.306 e. The summed E-state index contributed by atoms with van der Waals surface area (Å²) in [5, 5.41) is 0. The van der Waals surface area contributed by atoms with Gasteiger partial charge in [0.15, 0.2) is 6.10 Å². The van der Waals surface area contributed by atoms with Crippen LogP contribution in [0.3, 0.4) is 0 Å². The number of carbonyl (C=O) groups excluding carboxylic acids is 3. The van der Waals surface area contributed by atoms with Gasteiger partial charge in [-0.2, -0.15) is 0 Å². The fourth-order valence-corrected chi connectivity index (χ4v) is 9.56. The van der Waals surface area contributed by atoms with Crippen LogP contribution in [0.2, 0.25) is 0 Å². The summed E-state index contributed by atoms with van der Waals surface area (Å²) >= 11 is 0. The summed E-state index contributed by atoms with van der Waals surface area (Å²) in [5.74, 6) is -0.883. The number of rotatable bonds is 59. The van der Waals surface area contributed by atoms with Gasteiger partial charge in [0.1, 0.15) is 13.2 Å². The second-order valence-electron chi connectivity index (χ2n) is 21.7. The molecule has 0 saturated carbocycles. The molecule has 0 N–H and O–H groups in total. The van der Waals surface area contributed by atoms with E-state index in [4.69, 9.17) is 14.2 Å². The zero-order chi connectivity index (χ0) is 52.9. The van der Waals surface area contributed by atoms with Crippen molar-refractivity contribution in [2.75, 3.05) is 13.2 Å². The average Bonchev–Trinajstić information content (AvgIpc) is 3.39. The first-order valence-corrected chi connectivity index (χ1v) is 32.1. The lowest BCUT2D eigenvalue weighted by atomic mass is 10.0. The second kappa shape index (κ2) is 61.9. The Morgan fingerprint density at radius 2 is 0.534 bits per heavy atom. The molecule has 6 heteroatoms. The van der Waals surface area contributed by atoms with Crippen molar-refractivity contribution in [2.24, 2.45) is 0 Å². The molecule has 0 bridgehead atoms. The first-order valence-electron chi connectivity index (χ1n) is 32.1. The zero-order valence-corrected chi connectivity index (χ0v) is 48.9. The summed E-state index contributed by atoms with van der Waals surface area (Å²) in [6.45, 7) is 6.50. The number of carbonyl (C=O) groups is 3. The van der Waals surface area contributed by atoms with Crippen molar-refractivity contribution in [3.05, 3.63) is 48.6 Å². The summed E-state index contributed by atoms with van der Waals surface area (Å²) in [6.07, 6.45) is 77.5. The second-order valence-corrected chi connectivity index (χ2v) is 21.7. The number of unbranched alkanes of at least 4 members (excludes halogenated alkanes) is 40. The van der Waals surface area contributed by atoms with Crippen LogP contribution >= 0.6 is 0 Å². The quantitative estimate of drug-likeness (QED) is 0.0261. The fourth-order valence-electron chi connectivity index (χ4n) is 9.56. The monoisotopic (exact) mass is 1020 g/mol. The van der Waals surface area contributed by atoms with Gasteiger partial charge in [-0.3, -0.25) is 14.4 Å². The van der Waals surface area contributed by atoms with E-state index in [1.807, 2.05) is 0 Å². The molecule has 0 radical (unpaired) electrons. The SMILES string of the molecule is CC/C=C\C/C=C\C/C=C\C/C=C\CCCCCCCCC(=O)OC(COC(=O)CCCCCCCC)COC(=O)CCCCCCCCCCCCCCCCCCCCCCCCCCCCCCCC. The van der Waals surface area contributed by atoms with Crippen molar-refractivity contribution < 1.29 is 28.6 Å². The van der Waals surface area contributed by atoms with Crippen molar-refractivity contribution in [1.82, 2.24) is 0 Å². The average molecular weight is 1020 g/mol. The van der Waals surface area contributed by atoms with Gasteiger partial charge >= 0.3 is 17.9 Å². The Morgan fingerprint density at radius 3 is 0.836 bits per heavy atom. The predicted molar refractivity (Wildman–Crippen MR) is 316 cm³/mol. The van der Waals surface area contributed by atoms with E-state index in [0.717, 1.165) is 96.3 Å². The van der Waals surface area contributed by atoms with Crippen LogP contribution in [0.5, 0.6) is 0 Å². The van der Waals surface area contributed by atoms with Gasteiger partial charge < -0.3 is 14.2 Å². The summed E-state index contributed by atoms with van der Waals surface area (Å²) in [5.41, 5.74) is 0. The third-order valence-corrected chi connectivity index (χ3v) is 14.3. The lowest BCUT2D eigenvalue weighted by Gasteiger charge is -2.18. The minimum atomic E-state index is -0.776. The molecule has 0 aliphatic carbocycles. The van der Waals surface area contributed by atoms with Gasteiger partial charge in [-0.05, 0) is 57.8 Å². The Labute approximate surface area is 454 Å². The van der Waals surface area contributed by atoms with Crippen LogP contribution in [-0.2, 0) is 28.6 Å². The van der Waals surface area contributed by atoms with Gasteiger partial charge in [-0.15, -0.1) is 0 Å². The Kier molecular flexibility index (Phi) is 59.7. The van der Waals surface area contributed by atoms with E-state index in [1.165, 1.54) is 205 Å². The molecule has 0 aliphatic heterocycles. The number of esters is 3. The Bertz CT molecular complexity index is 1270. The molecule has 0 amide bonds. The lowest BCUT2D eigenvalue weighted by Crippen LogP contribution is -2.30. The first kappa shape index (κ1) is 70.4. The first-order chi connectivity index (χ1) is 36.0. The molecule has 0 fully saturated rings. The molecular weight excluding hydrogens is 901 g/mol. The number of hydrogen-bond donors (Lipinski definition) is 0. The Balaban J connectivity index is 3.99. The van der Waals surface area contributed by atoms with E-state index in [0.29, 0.717) is 19.3 Å². The summed E-state index contributed by atoms with van der Waals surface area (Å²) in [7, 11) is 0. The summed E-state index contributed by atoms with van der Waals surface area (Å²) < 4.78 is 16.8. The van der Waals surface area contributed by atoms with Crippen LogP contribution < -0.4 is 0 Å². The third-order valence-electron chi connectivity index (χ3n) is 14.3. The molecule has 0 aromatic rings. The van der Waals surface area contributed by atoms with Crippen LogP contribution in [0.4, 0.5) is 0 Å². The van der Waals surface area contributed by atoms with E-state index >= 15 is 0 Å². The highest BCUT2D eigenvalue weighted by Gasteiger charge is 2.19. The van der Waals surface area contributed by atoms with Gasteiger partial charge in [-0.25, -0.2) is 0 Å². The van der Waals surface area contributed by atoms with Crippen LogP contribution in [-0.4, -0.2) is 37.2 Å². The normalized spacial score (nSPS) is 12.3. The third kappa shape index (κ3) is 60.1. The molecule has 6 nitrogen and oxygen atoms in total. The van der Waals surface area contributed by atoms with Crippen molar-refractivity contribution in [1.29, 1.82) is 0 Å². The largest absolute Gasteiger partial charge is 0.462 e. The summed E-state index contributed by atoms with van der Waals surface area (Å²) in [4.78, 5) is 38.0. The molecule has 0 saturated heterocycles. The maximum absolute atomic E-state index is 12.8. The number of hydrogen-bond acceptors (Lipinski definition) is 6. The van der Waals surface area contributed by atoms with Crippen molar-refractivity contribution in [3.63, 3.8) is 0 Å². The van der Waals surface area contributed by atoms with Gasteiger partial charge in [0.05, 0.1) is 0 Å². The van der Waals surface area contributed by atoms with Crippen LogP contribution in [0.25, 0.3) is 0 Å². The van der Waals surface area contributed by atoms with Gasteiger partial charge in [0.2, 0.25) is 0 Å². The fraction of sp³-hybridized carbons (Fsp3) is 0.836. The number of allylic oxidation sites excluding steroid dienone is 8. The minimum Gasteiger partial charge on any atom is -0.462 e. The molecule has 0 rings (SSSR count). The molecule has 1 atom stereocenters. The Morgan fingerprint density at radius 1 is 0.288 bits per heavy atom. The van der Waals surface area contributed by atoms with E-state index in [9.17, 15) is 14.4 Å². The zero-order valence-electron chi connectivity index (χ0n) is 48.9. The maximum atomic E-state index is 12.8.